The fourth-order valence-corrected chi connectivity index (χ4v) is 3.85. The molecule has 1 aliphatic rings. The molecule has 7 heteroatoms. The molecule has 0 bridgehead atoms. The normalized spacial score (nSPS) is 16.5. The zero-order valence-corrected chi connectivity index (χ0v) is 16.9. The molecule has 0 aliphatic carbocycles. The summed E-state index contributed by atoms with van der Waals surface area (Å²) >= 11 is 0. The van der Waals surface area contributed by atoms with Crippen molar-refractivity contribution in [1.82, 2.24) is 15.2 Å². The van der Waals surface area contributed by atoms with Gasteiger partial charge in [0.2, 0.25) is 0 Å². The maximum Gasteiger partial charge on any atom is 0.319 e. The maximum absolute atomic E-state index is 13.4. The van der Waals surface area contributed by atoms with Crippen molar-refractivity contribution in [3.63, 3.8) is 0 Å². The molecule has 2 aromatic carbocycles. The predicted molar refractivity (Wildman–Crippen MR) is 115 cm³/mol. The summed E-state index contributed by atoms with van der Waals surface area (Å²) in [7, 11) is 0. The van der Waals surface area contributed by atoms with Crippen molar-refractivity contribution in [3.8, 4) is 0 Å². The van der Waals surface area contributed by atoms with E-state index in [1.54, 1.807) is 17.0 Å². The number of aromatic nitrogens is 1. The number of nitrogens with one attached hydrogen (secondary N) is 3. The minimum absolute atomic E-state index is 0.0968. The first-order valence-electron chi connectivity index (χ1n) is 10.2. The molecular weight excluding hydrogens is 383 g/mol. The van der Waals surface area contributed by atoms with E-state index in [4.69, 9.17) is 0 Å². The Hall–Kier alpha value is -3.35. The van der Waals surface area contributed by atoms with Crippen LogP contribution < -0.4 is 10.6 Å². The molecule has 1 aliphatic heterocycles. The molecule has 156 valence electrons. The first kappa shape index (κ1) is 19.9. The third kappa shape index (κ3) is 4.62. The lowest BCUT2D eigenvalue weighted by molar-refractivity contribution is 0.0670. The predicted octanol–water partition coefficient (Wildman–Crippen LogP) is 4.29. The van der Waals surface area contributed by atoms with Crippen LogP contribution in [0.3, 0.4) is 0 Å². The van der Waals surface area contributed by atoms with Crippen LogP contribution in [0.1, 0.15) is 28.9 Å². The second-order valence-corrected chi connectivity index (χ2v) is 7.88. The van der Waals surface area contributed by atoms with Crippen molar-refractivity contribution >= 4 is 28.5 Å². The Morgan fingerprint density at radius 2 is 1.97 bits per heavy atom. The Morgan fingerprint density at radius 1 is 1.17 bits per heavy atom. The van der Waals surface area contributed by atoms with Gasteiger partial charge in [0, 0.05) is 36.2 Å². The standard InChI is InChI=1S/C23H25FN4O2/c1-15-4-7-19(8-5-15)26-23(30)25-13-16-3-2-10-28(14-16)22(29)21-12-17-11-18(24)6-9-20(17)27-21/h4-9,11-12,16,27H,2-3,10,13-14H2,1H3,(H2,25,26,30). The van der Waals surface area contributed by atoms with E-state index in [1.165, 1.54) is 12.1 Å². The maximum atomic E-state index is 13.4. The quantitative estimate of drug-likeness (QED) is 0.602. The van der Waals surface area contributed by atoms with Crippen LogP contribution in [-0.2, 0) is 0 Å². The number of fused-ring (bicyclic) bond motifs is 1. The van der Waals surface area contributed by atoms with E-state index in [0.717, 1.165) is 29.6 Å². The number of hydrogen-bond acceptors (Lipinski definition) is 2. The topological polar surface area (TPSA) is 77.2 Å². The zero-order chi connectivity index (χ0) is 21.1. The van der Waals surface area contributed by atoms with Crippen LogP contribution in [0.2, 0.25) is 0 Å². The molecule has 1 atom stereocenters. The summed E-state index contributed by atoms with van der Waals surface area (Å²) in [6, 6.07) is 13.5. The van der Waals surface area contributed by atoms with Gasteiger partial charge in [0.1, 0.15) is 11.5 Å². The fourth-order valence-electron chi connectivity index (χ4n) is 3.85. The largest absolute Gasteiger partial charge is 0.351 e. The van der Waals surface area contributed by atoms with Crippen LogP contribution in [0.5, 0.6) is 0 Å². The van der Waals surface area contributed by atoms with Gasteiger partial charge in [-0.05, 0) is 62.1 Å². The first-order valence-corrected chi connectivity index (χ1v) is 10.2. The van der Waals surface area contributed by atoms with Gasteiger partial charge >= 0.3 is 6.03 Å². The molecule has 3 aromatic rings. The molecule has 6 nitrogen and oxygen atoms in total. The number of aryl methyl sites for hydroxylation is 1. The summed E-state index contributed by atoms with van der Waals surface area (Å²) in [6.07, 6.45) is 1.83. The minimum Gasteiger partial charge on any atom is -0.351 e. The molecule has 30 heavy (non-hydrogen) atoms. The molecule has 0 saturated carbocycles. The average molecular weight is 408 g/mol. The number of benzene rings is 2. The number of carbonyl (C=O) groups excluding carboxylic acids is 2. The molecule has 0 radical (unpaired) electrons. The second kappa shape index (κ2) is 8.57. The fraction of sp³-hybridized carbons (Fsp3) is 0.304. The van der Waals surface area contributed by atoms with Crippen LogP contribution >= 0.6 is 0 Å². The molecule has 0 spiro atoms. The SMILES string of the molecule is Cc1ccc(NC(=O)NCC2CCCN(C(=O)c3cc4cc(F)ccc4[nH]3)C2)cc1. The lowest BCUT2D eigenvalue weighted by atomic mass is 9.98. The van der Waals surface area contributed by atoms with E-state index in [0.29, 0.717) is 30.7 Å². The molecule has 3 N–H and O–H groups in total. The number of likely N-dealkylation sites (tertiary alicyclic amines) is 1. The van der Waals surface area contributed by atoms with E-state index in [9.17, 15) is 14.0 Å². The Kier molecular flexibility index (Phi) is 5.70. The number of piperidine rings is 1. The zero-order valence-electron chi connectivity index (χ0n) is 16.9. The van der Waals surface area contributed by atoms with Crippen LogP contribution in [0.15, 0.2) is 48.5 Å². The van der Waals surface area contributed by atoms with Crippen molar-refractivity contribution in [2.24, 2.45) is 5.92 Å². The average Bonchev–Trinajstić information content (AvgIpc) is 3.17. The van der Waals surface area contributed by atoms with Crippen molar-refractivity contribution < 1.29 is 14.0 Å². The first-order chi connectivity index (χ1) is 14.5. The summed E-state index contributed by atoms with van der Waals surface area (Å²) in [4.78, 5) is 30.0. The van der Waals surface area contributed by atoms with Crippen molar-refractivity contribution in [2.45, 2.75) is 19.8 Å². The van der Waals surface area contributed by atoms with Gasteiger partial charge in [0.25, 0.3) is 5.91 Å². The Balaban J connectivity index is 1.32. The van der Waals surface area contributed by atoms with Gasteiger partial charge in [-0.25, -0.2) is 9.18 Å². The highest BCUT2D eigenvalue weighted by molar-refractivity contribution is 5.98. The van der Waals surface area contributed by atoms with Crippen LogP contribution in [0.4, 0.5) is 14.9 Å². The van der Waals surface area contributed by atoms with E-state index < -0.39 is 0 Å². The summed E-state index contributed by atoms with van der Waals surface area (Å²) < 4.78 is 13.4. The third-order valence-corrected chi connectivity index (χ3v) is 5.48. The highest BCUT2D eigenvalue weighted by Gasteiger charge is 2.25. The van der Waals surface area contributed by atoms with Gasteiger partial charge in [0.05, 0.1) is 0 Å². The summed E-state index contributed by atoms with van der Waals surface area (Å²) in [6.45, 7) is 3.75. The molecule has 3 amide bonds. The Morgan fingerprint density at radius 3 is 2.77 bits per heavy atom. The number of rotatable bonds is 4. The van der Waals surface area contributed by atoms with Crippen molar-refractivity contribution in [3.05, 3.63) is 65.6 Å². The van der Waals surface area contributed by atoms with Gasteiger partial charge in [-0.1, -0.05) is 17.7 Å². The highest BCUT2D eigenvalue weighted by Crippen LogP contribution is 2.21. The molecule has 4 rings (SSSR count). The number of anilines is 1. The lowest BCUT2D eigenvalue weighted by Gasteiger charge is -2.32. The third-order valence-electron chi connectivity index (χ3n) is 5.48. The van der Waals surface area contributed by atoms with Crippen molar-refractivity contribution in [1.29, 1.82) is 0 Å². The van der Waals surface area contributed by atoms with E-state index in [-0.39, 0.29) is 23.7 Å². The number of amides is 3. The molecule has 1 fully saturated rings. The molecule has 1 unspecified atom stereocenters. The van der Waals surface area contributed by atoms with Gasteiger partial charge in [0.15, 0.2) is 0 Å². The Labute approximate surface area is 174 Å². The molecular formula is C23H25FN4O2. The second-order valence-electron chi connectivity index (χ2n) is 7.88. The van der Waals surface area contributed by atoms with Gasteiger partial charge in [-0.2, -0.15) is 0 Å². The van der Waals surface area contributed by atoms with E-state index in [1.807, 2.05) is 31.2 Å². The summed E-state index contributed by atoms with van der Waals surface area (Å²) in [5, 5.41) is 6.41. The number of nitrogens with zero attached hydrogens (tertiary/aromatic N) is 1. The number of aromatic amines is 1. The van der Waals surface area contributed by atoms with Gasteiger partial charge in [-0.15, -0.1) is 0 Å². The van der Waals surface area contributed by atoms with Crippen LogP contribution in [0.25, 0.3) is 10.9 Å². The van der Waals surface area contributed by atoms with Crippen molar-refractivity contribution in [2.75, 3.05) is 25.0 Å². The van der Waals surface area contributed by atoms with E-state index >= 15 is 0 Å². The highest BCUT2D eigenvalue weighted by atomic mass is 19.1. The van der Waals surface area contributed by atoms with Gasteiger partial charge < -0.3 is 20.5 Å². The molecule has 1 aromatic heterocycles. The monoisotopic (exact) mass is 408 g/mol. The molecule has 1 saturated heterocycles. The number of urea groups is 1. The minimum atomic E-state index is -0.325. The van der Waals surface area contributed by atoms with E-state index in [2.05, 4.69) is 15.6 Å². The van der Waals surface area contributed by atoms with Gasteiger partial charge in [-0.3, -0.25) is 4.79 Å². The number of carbonyl (C=O) groups is 2. The molecule has 2 heterocycles. The summed E-state index contributed by atoms with van der Waals surface area (Å²) in [5.41, 5.74) is 3.07. The number of halogens is 1. The smallest absolute Gasteiger partial charge is 0.319 e. The Bertz CT molecular complexity index is 1060. The van der Waals surface area contributed by atoms with Crippen LogP contribution in [0, 0.1) is 18.7 Å². The summed E-state index contributed by atoms with van der Waals surface area (Å²) in [5.74, 6) is -0.234. The number of hydrogen-bond donors (Lipinski definition) is 3. The van der Waals surface area contributed by atoms with Crippen LogP contribution in [-0.4, -0.2) is 41.5 Å². The lowest BCUT2D eigenvalue weighted by Crippen LogP contribution is -2.44. The number of H-pyrrole nitrogens is 1.